The summed E-state index contributed by atoms with van der Waals surface area (Å²) in [6.45, 7) is 0. The van der Waals surface area contributed by atoms with Crippen LogP contribution in [0.25, 0.3) is 23.4 Å². The summed E-state index contributed by atoms with van der Waals surface area (Å²) in [7, 11) is 0. The van der Waals surface area contributed by atoms with E-state index in [0.29, 0.717) is 17.0 Å². The molecule has 3 aromatic rings. The van der Waals surface area contributed by atoms with E-state index in [9.17, 15) is 18.0 Å². The summed E-state index contributed by atoms with van der Waals surface area (Å²) >= 11 is 0. The summed E-state index contributed by atoms with van der Waals surface area (Å²) in [5.41, 5.74) is 13.7. The van der Waals surface area contributed by atoms with Crippen molar-refractivity contribution >= 4 is 24.1 Å². The van der Waals surface area contributed by atoms with Gasteiger partial charge >= 0.3 is 12.1 Å². The van der Waals surface area contributed by atoms with Gasteiger partial charge in [0.2, 0.25) is 5.95 Å². The second-order valence-electron chi connectivity index (χ2n) is 6.84. The van der Waals surface area contributed by atoms with Crippen molar-refractivity contribution in [2.75, 3.05) is 5.73 Å². The molecule has 9 heteroatoms. The van der Waals surface area contributed by atoms with E-state index in [1.807, 2.05) is 0 Å². The molecule has 0 saturated heterocycles. The smallest absolute Gasteiger partial charge is 0.416 e. The van der Waals surface area contributed by atoms with Crippen LogP contribution in [-0.2, 0) is 17.4 Å². The van der Waals surface area contributed by atoms with Crippen LogP contribution >= 0.6 is 0 Å². The molecule has 31 heavy (non-hydrogen) atoms. The number of alkyl halides is 3. The summed E-state index contributed by atoms with van der Waals surface area (Å²) in [5, 5.41) is 8.91. The number of halogens is 3. The summed E-state index contributed by atoms with van der Waals surface area (Å²) in [4.78, 5) is 19.2. The van der Waals surface area contributed by atoms with Crippen molar-refractivity contribution in [3.05, 3.63) is 77.0 Å². The van der Waals surface area contributed by atoms with Gasteiger partial charge in [0.15, 0.2) is 0 Å². The first kappa shape index (κ1) is 22.0. The lowest BCUT2D eigenvalue weighted by molar-refractivity contribution is -0.139. The van der Waals surface area contributed by atoms with Crippen molar-refractivity contribution in [1.82, 2.24) is 9.97 Å². The number of benzene rings is 2. The topological polar surface area (TPSA) is 115 Å². The van der Waals surface area contributed by atoms with Gasteiger partial charge in [-0.3, -0.25) is 4.79 Å². The molecule has 160 valence electrons. The van der Waals surface area contributed by atoms with Crippen molar-refractivity contribution in [2.45, 2.75) is 18.6 Å². The highest BCUT2D eigenvalue weighted by molar-refractivity contribution is 5.74. The predicted octanol–water partition coefficient (Wildman–Crippen LogP) is 3.87. The highest BCUT2D eigenvalue weighted by atomic mass is 19.4. The Morgan fingerprint density at radius 2 is 1.68 bits per heavy atom. The van der Waals surface area contributed by atoms with Crippen LogP contribution < -0.4 is 11.5 Å². The third-order valence-corrected chi connectivity index (χ3v) is 4.47. The normalized spacial score (nSPS) is 12.8. The van der Waals surface area contributed by atoms with Gasteiger partial charge in [-0.2, -0.15) is 13.2 Å². The van der Waals surface area contributed by atoms with E-state index in [1.165, 1.54) is 12.1 Å². The molecule has 0 aliphatic heterocycles. The third kappa shape index (κ3) is 5.89. The number of carbonyl (C=O) groups is 1. The number of anilines is 1. The highest BCUT2D eigenvalue weighted by Gasteiger charge is 2.29. The summed E-state index contributed by atoms with van der Waals surface area (Å²) < 4.78 is 38.0. The van der Waals surface area contributed by atoms with E-state index in [2.05, 4.69) is 9.97 Å². The molecule has 3 rings (SSSR count). The van der Waals surface area contributed by atoms with Gasteiger partial charge in [0.25, 0.3) is 0 Å². The second kappa shape index (κ2) is 8.97. The fourth-order valence-electron chi connectivity index (χ4n) is 2.84. The molecule has 0 bridgehead atoms. The first-order valence-electron chi connectivity index (χ1n) is 9.19. The van der Waals surface area contributed by atoms with Gasteiger partial charge < -0.3 is 16.6 Å². The Morgan fingerprint density at radius 1 is 1.03 bits per heavy atom. The van der Waals surface area contributed by atoms with E-state index >= 15 is 0 Å². The van der Waals surface area contributed by atoms with Crippen LogP contribution in [0.5, 0.6) is 0 Å². The van der Waals surface area contributed by atoms with E-state index in [4.69, 9.17) is 16.6 Å². The quantitative estimate of drug-likeness (QED) is 0.549. The number of hydrogen-bond donors (Lipinski definition) is 3. The molecular weight excluding hydrogens is 409 g/mol. The van der Waals surface area contributed by atoms with E-state index in [0.717, 1.165) is 23.3 Å². The highest BCUT2D eigenvalue weighted by Crippen LogP contribution is 2.29. The number of aromatic nitrogens is 2. The largest absolute Gasteiger partial charge is 0.480 e. The fraction of sp³-hybridized carbons (Fsp3) is 0.136. The van der Waals surface area contributed by atoms with Crippen LogP contribution in [0.3, 0.4) is 0 Å². The minimum atomic E-state index is -4.38. The number of aliphatic carboxylic acids is 1. The lowest BCUT2D eigenvalue weighted by Gasteiger charge is -2.08. The van der Waals surface area contributed by atoms with Crippen LogP contribution in [0.4, 0.5) is 19.1 Å². The molecule has 0 fully saturated rings. The van der Waals surface area contributed by atoms with Gasteiger partial charge in [-0.05, 0) is 41.8 Å². The van der Waals surface area contributed by atoms with Crippen LogP contribution in [0.15, 0.2) is 54.6 Å². The monoisotopic (exact) mass is 428 g/mol. The number of carboxylic acids is 1. The molecule has 0 radical (unpaired) electrons. The summed E-state index contributed by atoms with van der Waals surface area (Å²) in [5.74, 6) is -1.03. The molecule has 1 atom stereocenters. The molecule has 0 aliphatic carbocycles. The SMILES string of the molecule is Nc1nc(C=Cc2ccc(C(F)(F)F)cc2)cc(-c2ccc(C[C@H](N)C(=O)O)cc2)n1. The number of rotatable bonds is 6. The lowest BCUT2D eigenvalue weighted by Crippen LogP contribution is -2.32. The average molecular weight is 428 g/mol. The van der Waals surface area contributed by atoms with E-state index < -0.39 is 23.8 Å². The molecule has 1 aromatic heterocycles. The molecule has 6 nitrogen and oxygen atoms in total. The van der Waals surface area contributed by atoms with Crippen LogP contribution in [0, 0.1) is 0 Å². The molecule has 0 spiro atoms. The standard InChI is InChI=1S/C22H19F3N4O2/c23-22(24,25)16-8-3-13(4-9-16)5-10-17-12-19(29-21(27)28-17)15-6-1-14(2-7-15)11-18(26)20(30)31/h1-10,12,18H,11,26H2,(H,30,31)(H2,27,28,29)/t18-/m0/s1. The fourth-order valence-corrected chi connectivity index (χ4v) is 2.84. The maximum absolute atomic E-state index is 12.7. The first-order chi connectivity index (χ1) is 14.6. The van der Waals surface area contributed by atoms with Crippen LogP contribution in [0.1, 0.15) is 22.4 Å². The van der Waals surface area contributed by atoms with Crippen LogP contribution in [0.2, 0.25) is 0 Å². The molecule has 0 amide bonds. The lowest BCUT2D eigenvalue weighted by atomic mass is 10.0. The maximum atomic E-state index is 12.7. The number of carboxylic acid groups (broad SMARTS) is 1. The molecule has 0 unspecified atom stereocenters. The third-order valence-electron chi connectivity index (χ3n) is 4.47. The predicted molar refractivity (Wildman–Crippen MR) is 112 cm³/mol. The average Bonchev–Trinajstić information content (AvgIpc) is 2.72. The molecule has 2 aromatic carbocycles. The number of nitrogen functional groups attached to an aromatic ring is 1. The van der Waals surface area contributed by atoms with Gasteiger partial charge in [-0.25, -0.2) is 9.97 Å². The zero-order valence-corrected chi connectivity index (χ0v) is 16.2. The second-order valence-corrected chi connectivity index (χ2v) is 6.84. The van der Waals surface area contributed by atoms with Crippen molar-refractivity contribution in [3.63, 3.8) is 0 Å². The van der Waals surface area contributed by atoms with Crippen molar-refractivity contribution in [1.29, 1.82) is 0 Å². The van der Waals surface area contributed by atoms with Crippen LogP contribution in [-0.4, -0.2) is 27.1 Å². The molecule has 1 heterocycles. The minimum Gasteiger partial charge on any atom is -0.480 e. The zero-order chi connectivity index (χ0) is 22.6. The Hall–Kier alpha value is -3.72. The van der Waals surface area contributed by atoms with Crippen molar-refractivity contribution in [2.24, 2.45) is 5.73 Å². The Balaban J connectivity index is 1.78. The summed E-state index contributed by atoms with van der Waals surface area (Å²) in [6.07, 6.45) is -0.929. The molecule has 0 aliphatic rings. The van der Waals surface area contributed by atoms with Crippen molar-refractivity contribution in [3.8, 4) is 11.3 Å². The Kier molecular flexibility index (Phi) is 6.36. The Labute approximate surface area is 176 Å². The van der Waals surface area contributed by atoms with Gasteiger partial charge in [0, 0.05) is 5.56 Å². The molecule has 5 N–H and O–H groups in total. The zero-order valence-electron chi connectivity index (χ0n) is 16.2. The Morgan fingerprint density at radius 3 is 2.26 bits per heavy atom. The summed E-state index contributed by atoms with van der Waals surface area (Å²) in [6, 6.07) is 12.5. The maximum Gasteiger partial charge on any atom is 0.416 e. The van der Waals surface area contributed by atoms with Gasteiger partial charge in [-0.1, -0.05) is 42.5 Å². The number of hydrogen-bond acceptors (Lipinski definition) is 5. The van der Waals surface area contributed by atoms with Crippen molar-refractivity contribution < 1.29 is 23.1 Å². The number of nitrogens with zero attached hydrogens (tertiary/aromatic N) is 2. The van der Waals surface area contributed by atoms with E-state index in [1.54, 1.807) is 42.5 Å². The molecular formula is C22H19F3N4O2. The minimum absolute atomic E-state index is 0.0431. The van der Waals surface area contributed by atoms with Gasteiger partial charge in [0.05, 0.1) is 17.0 Å². The Bertz CT molecular complexity index is 1100. The first-order valence-corrected chi connectivity index (χ1v) is 9.19. The van der Waals surface area contributed by atoms with E-state index in [-0.39, 0.29) is 12.4 Å². The molecule has 0 saturated carbocycles. The number of nitrogens with two attached hydrogens (primary N) is 2. The van der Waals surface area contributed by atoms with Gasteiger partial charge in [0.1, 0.15) is 6.04 Å². The van der Waals surface area contributed by atoms with Gasteiger partial charge in [-0.15, -0.1) is 0 Å².